The second-order valence-corrected chi connectivity index (χ2v) is 15.2. The molecule has 0 aromatic heterocycles. The van der Waals surface area contributed by atoms with Gasteiger partial charge in [-0.2, -0.15) is 0 Å². The number of benzene rings is 3. The standard InChI is InChI=1S/3C15H24N2.CH2O3/c3*16-11-3-2-6-14-7-9-15(10-8-14)17-12-4-1-5-13-17;2-1(3)4/h3*7-10H,1-6,11-13,16H2;(H2,2,3,4). The lowest BCUT2D eigenvalue weighted by atomic mass is 10.1. The maximum atomic E-state index is 8.56. The van der Waals surface area contributed by atoms with Crippen LogP contribution in [-0.2, 0) is 19.3 Å². The molecule has 0 atom stereocenters. The molecule has 3 heterocycles. The molecule has 3 aliphatic rings. The van der Waals surface area contributed by atoms with Crippen molar-refractivity contribution in [2.24, 2.45) is 17.2 Å². The Morgan fingerprint density at radius 2 is 0.618 bits per heavy atom. The summed E-state index contributed by atoms with van der Waals surface area (Å²) in [5.41, 5.74) is 25.0. The minimum Gasteiger partial charge on any atom is -0.450 e. The molecule has 3 aliphatic heterocycles. The van der Waals surface area contributed by atoms with Gasteiger partial charge in [-0.25, -0.2) is 4.79 Å². The predicted octanol–water partition coefficient (Wildman–Crippen LogP) is 9.10. The first-order chi connectivity index (χ1) is 26.9. The average Bonchev–Trinajstić information content (AvgIpc) is 3.23. The average molecular weight is 759 g/mol. The molecule has 3 fully saturated rings. The summed E-state index contributed by atoms with van der Waals surface area (Å²) in [6.07, 6.45) is 20.9. The molecular formula is C46H74N6O3. The summed E-state index contributed by atoms with van der Waals surface area (Å²) in [5, 5.41) is 13.9. The first-order valence-corrected chi connectivity index (χ1v) is 21.5. The summed E-state index contributed by atoms with van der Waals surface area (Å²) in [7, 11) is 0. The minimum absolute atomic E-state index is 0.811. The van der Waals surface area contributed by atoms with E-state index in [0.29, 0.717) is 0 Å². The van der Waals surface area contributed by atoms with Crippen molar-refractivity contribution < 1.29 is 15.0 Å². The van der Waals surface area contributed by atoms with Gasteiger partial charge in [0.15, 0.2) is 0 Å². The minimum atomic E-state index is -1.83. The Morgan fingerprint density at radius 1 is 0.400 bits per heavy atom. The SMILES string of the molecule is NCCCCc1ccc(N2CCCCC2)cc1.NCCCCc1ccc(N2CCCCC2)cc1.NCCCCc1ccc(N2CCCCC2)cc1.O=C(O)O. The van der Waals surface area contributed by atoms with Crippen LogP contribution < -0.4 is 31.9 Å². The Kier molecular flexibility index (Phi) is 23.7. The number of aryl methyl sites for hydroxylation is 3. The van der Waals surface area contributed by atoms with Crippen LogP contribution in [0.2, 0.25) is 0 Å². The van der Waals surface area contributed by atoms with Crippen LogP contribution in [0, 0.1) is 0 Å². The molecule has 3 aromatic carbocycles. The Labute approximate surface area is 333 Å². The van der Waals surface area contributed by atoms with E-state index in [1.807, 2.05) is 0 Å². The summed E-state index contributed by atoms with van der Waals surface area (Å²) < 4.78 is 0. The van der Waals surface area contributed by atoms with Gasteiger partial charge in [0, 0.05) is 56.3 Å². The highest BCUT2D eigenvalue weighted by Crippen LogP contribution is 2.23. The Hall–Kier alpha value is -3.79. The molecule has 0 aliphatic carbocycles. The largest absolute Gasteiger partial charge is 0.503 e. The van der Waals surface area contributed by atoms with Gasteiger partial charge in [-0.3, -0.25) is 0 Å². The second kappa shape index (κ2) is 28.6. The van der Waals surface area contributed by atoms with Crippen molar-refractivity contribution in [2.75, 3.05) is 73.6 Å². The van der Waals surface area contributed by atoms with Crippen molar-refractivity contribution in [1.29, 1.82) is 0 Å². The van der Waals surface area contributed by atoms with E-state index in [2.05, 4.69) is 87.5 Å². The van der Waals surface area contributed by atoms with E-state index in [4.69, 9.17) is 32.2 Å². The number of unbranched alkanes of at least 4 members (excludes halogenated alkanes) is 3. The van der Waals surface area contributed by atoms with Crippen LogP contribution in [0.1, 0.15) is 113 Å². The number of anilines is 3. The monoisotopic (exact) mass is 759 g/mol. The summed E-state index contributed by atoms with van der Waals surface area (Å²) in [6.45, 7) is 9.81. The van der Waals surface area contributed by atoms with Crippen LogP contribution in [0.25, 0.3) is 0 Å². The molecule has 0 bridgehead atoms. The summed E-state index contributed by atoms with van der Waals surface area (Å²) in [6, 6.07) is 27.4. The molecule has 8 N–H and O–H groups in total. The van der Waals surface area contributed by atoms with Crippen LogP contribution in [0.4, 0.5) is 21.9 Å². The van der Waals surface area contributed by atoms with Gasteiger partial charge in [-0.1, -0.05) is 36.4 Å². The molecule has 9 nitrogen and oxygen atoms in total. The highest BCUT2D eigenvalue weighted by atomic mass is 16.6. The van der Waals surface area contributed by atoms with Crippen molar-refractivity contribution in [3.63, 3.8) is 0 Å². The number of nitrogens with zero attached hydrogens (tertiary/aromatic N) is 3. The molecule has 0 amide bonds. The third-order valence-electron chi connectivity index (χ3n) is 10.7. The van der Waals surface area contributed by atoms with Crippen LogP contribution in [0.15, 0.2) is 72.8 Å². The molecule has 306 valence electrons. The van der Waals surface area contributed by atoms with Gasteiger partial charge < -0.3 is 42.1 Å². The zero-order valence-corrected chi connectivity index (χ0v) is 33.9. The van der Waals surface area contributed by atoms with Crippen molar-refractivity contribution >= 4 is 23.2 Å². The van der Waals surface area contributed by atoms with Gasteiger partial charge >= 0.3 is 6.16 Å². The summed E-state index contributed by atoms with van der Waals surface area (Å²) >= 11 is 0. The van der Waals surface area contributed by atoms with E-state index in [9.17, 15) is 0 Å². The molecule has 0 unspecified atom stereocenters. The highest BCUT2D eigenvalue weighted by Gasteiger charge is 2.12. The lowest BCUT2D eigenvalue weighted by molar-refractivity contribution is 0.137. The second-order valence-electron chi connectivity index (χ2n) is 15.2. The molecule has 3 aromatic rings. The molecule has 0 saturated carbocycles. The lowest BCUT2D eigenvalue weighted by Gasteiger charge is -2.28. The van der Waals surface area contributed by atoms with E-state index in [1.165, 1.54) is 150 Å². The van der Waals surface area contributed by atoms with Crippen molar-refractivity contribution in [1.82, 2.24) is 0 Å². The van der Waals surface area contributed by atoms with E-state index in [-0.39, 0.29) is 0 Å². The number of carbonyl (C=O) groups is 1. The fourth-order valence-corrected chi connectivity index (χ4v) is 7.50. The quantitative estimate of drug-likeness (QED) is 0.0959. The molecule has 9 heteroatoms. The zero-order valence-electron chi connectivity index (χ0n) is 33.9. The number of piperidine rings is 3. The Balaban J connectivity index is 0.000000211. The molecule has 55 heavy (non-hydrogen) atoms. The van der Waals surface area contributed by atoms with Crippen LogP contribution >= 0.6 is 0 Å². The first kappa shape index (κ1) is 45.6. The molecule has 0 radical (unpaired) electrons. The summed E-state index contributed by atoms with van der Waals surface area (Å²) in [4.78, 5) is 16.1. The van der Waals surface area contributed by atoms with Gasteiger partial charge in [-0.05, 0) is 188 Å². The fraction of sp³-hybridized carbons (Fsp3) is 0.587. The molecular weight excluding hydrogens is 685 g/mol. The van der Waals surface area contributed by atoms with Crippen molar-refractivity contribution in [3.05, 3.63) is 89.5 Å². The Bertz CT molecular complexity index is 1200. The van der Waals surface area contributed by atoms with Gasteiger partial charge in [0.1, 0.15) is 0 Å². The third kappa shape index (κ3) is 19.6. The lowest BCUT2D eigenvalue weighted by Crippen LogP contribution is -2.29. The van der Waals surface area contributed by atoms with Crippen molar-refractivity contribution in [3.8, 4) is 0 Å². The summed E-state index contributed by atoms with van der Waals surface area (Å²) in [5.74, 6) is 0. The maximum Gasteiger partial charge on any atom is 0.503 e. The van der Waals surface area contributed by atoms with Gasteiger partial charge in [0.2, 0.25) is 0 Å². The maximum absolute atomic E-state index is 8.56. The molecule has 6 rings (SSSR count). The number of hydrogen-bond donors (Lipinski definition) is 5. The number of carboxylic acid groups (broad SMARTS) is 2. The molecule has 0 spiro atoms. The van der Waals surface area contributed by atoms with Gasteiger partial charge in [0.05, 0.1) is 0 Å². The van der Waals surface area contributed by atoms with Gasteiger partial charge in [0.25, 0.3) is 0 Å². The van der Waals surface area contributed by atoms with Gasteiger partial charge in [-0.15, -0.1) is 0 Å². The predicted molar refractivity (Wildman–Crippen MR) is 234 cm³/mol. The van der Waals surface area contributed by atoms with E-state index in [0.717, 1.165) is 58.2 Å². The van der Waals surface area contributed by atoms with Crippen molar-refractivity contribution in [2.45, 2.75) is 116 Å². The van der Waals surface area contributed by atoms with E-state index in [1.54, 1.807) is 0 Å². The number of nitrogens with two attached hydrogens (primary N) is 3. The van der Waals surface area contributed by atoms with Crippen LogP contribution in [0.5, 0.6) is 0 Å². The molecule has 3 saturated heterocycles. The number of rotatable bonds is 15. The Morgan fingerprint density at radius 3 is 0.818 bits per heavy atom. The zero-order chi connectivity index (χ0) is 39.4. The highest BCUT2D eigenvalue weighted by molar-refractivity contribution is 5.53. The van der Waals surface area contributed by atoms with Crippen LogP contribution in [0.3, 0.4) is 0 Å². The topological polar surface area (TPSA) is 145 Å². The fourth-order valence-electron chi connectivity index (χ4n) is 7.50. The third-order valence-corrected chi connectivity index (χ3v) is 10.7. The normalized spacial score (nSPS) is 15.4. The number of hydrogen-bond acceptors (Lipinski definition) is 7. The van der Waals surface area contributed by atoms with E-state index >= 15 is 0 Å². The van der Waals surface area contributed by atoms with E-state index < -0.39 is 6.16 Å². The van der Waals surface area contributed by atoms with Crippen LogP contribution in [-0.4, -0.2) is 75.3 Å². The first-order valence-electron chi connectivity index (χ1n) is 21.5. The smallest absolute Gasteiger partial charge is 0.450 e.